The molecule has 0 radical (unpaired) electrons. The molecule has 0 spiro atoms. The predicted molar refractivity (Wildman–Crippen MR) is 130 cm³/mol. The van der Waals surface area contributed by atoms with E-state index in [2.05, 4.69) is 62.3 Å². The van der Waals surface area contributed by atoms with Gasteiger partial charge in [-0.05, 0) is 30.0 Å². The van der Waals surface area contributed by atoms with Crippen LogP contribution >= 0.6 is 24.0 Å². The van der Waals surface area contributed by atoms with E-state index in [0.29, 0.717) is 12.5 Å². The van der Waals surface area contributed by atoms with E-state index in [9.17, 15) is 0 Å². The highest BCUT2D eigenvalue weighted by Crippen LogP contribution is 2.26. The second-order valence-electron chi connectivity index (χ2n) is 7.60. The van der Waals surface area contributed by atoms with Crippen LogP contribution in [0, 0.1) is 0 Å². The largest absolute Gasteiger partial charge is 0.357 e. The second kappa shape index (κ2) is 10.6. The Hall–Kier alpha value is -2.36. The number of aromatic nitrogens is 4. The zero-order valence-electron chi connectivity index (χ0n) is 17.6. The summed E-state index contributed by atoms with van der Waals surface area (Å²) in [6.45, 7) is 6.50. The zero-order chi connectivity index (χ0) is 20.1. The van der Waals surface area contributed by atoms with Crippen molar-refractivity contribution in [2.75, 3.05) is 19.6 Å². The maximum atomic E-state index is 4.93. The standard InChI is InChI=1S/C22H29N7.HI/c1-3-24-22(29-9-7-20(16-29)21-13-26-27(2)15-21)25-12-18-5-4-6-19(11-18)14-28-10-8-23-17-28;/h4-6,8,10-11,13,15,17,20H,3,7,9,12,14,16H2,1-2H3,(H,24,25);1H. The Morgan fingerprint density at radius 3 is 2.90 bits per heavy atom. The van der Waals surface area contributed by atoms with E-state index >= 15 is 0 Å². The molecule has 1 aliphatic rings. The molecule has 1 fully saturated rings. The molecular weight excluding hydrogens is 489 g/mol. The first-order valence-corrected chi connectivity index (χ1v) is 10.3. The van der Waals surface area contributed by atoms with Crippen molar-refractivity contribution in [1.82, 2.24) is 29.5 Å². The molecule has 0 aliphatic carbocycles. The van der Waals surface area contributed by atoms with Crippen LogP contribution in [0.3, 0.4) is 0 Å². The number of benzene rings is 1. The van der Waals surface area contributed by atoms with Crippen molar-refractivity contribution in [2.45, 2.75) is 32.4 Å². The fourth-order valence-corrected chi connectivity index (χ4v) is 3.89. The fourth-order valence-electron chi connectivity index (χ4n) is 3.89. The molecule has 3 heterocycles. The van der Waals surface area contributed by atoms with E-state index in [-0.39, 0.29) is 24.0 Å². The number of likely N-dealkylation sites (tertiary alicyclic amines) is 1. The average Bonchev–Trinajstić information content (AvgIpc) is 3.47. The van der Waals surface area contributed by atoms with E-state index < -0.39 is 0 Å². The van der Waals surface area contributed by atoms with Crippen LogP contribution in [0.1, 0.15) is 36.0 Å². The van der Waals surface area contributed by atoms with Gasteiger partial charge in [0.25, 0.3) is 0 Å². The lowest BCUT2D eigenvalue weighted by Gasteiger charge is -2.21. The number of nitrogens with zero attached hydrogens (tertiary/aromatic N) is 6. The molecule has 1 saturated heterocycles. The van der Waals surface area contributed by atoms with Crippen molar-refractivity contribution in [3.8, 4) is 0 Å². The Kier molecular flexibility index (Phi) is 7.89. The Labute approximate surface area is 195 Å². The normalized spacial score (nSPS) is 16.5. The van der Waals surface area contributed by atoms with Gasteiger partial charge in [0.05, 0.1) is 19.1 Å². The van der Waals surface area contributed by atoms with E-state index in [1.54, 1.807) is 0 Å². The number of hydrogen-bond donors (Lipinski definition) is 1. The summed E-state index contributed by atoms with van der Waals surface area (Å²) >= 11 is 0. The fraction of sp³-hybridized carbons (Fsp3) is 0.409. The molecule has 8 heteroatoms. The van der Waals surface area contributed by atoms with Crippen LogP contribution in [-0.4, -0.2) is 49.8 Å². The Morgan fingerprint density at radius 1 is 1.30 bits per heavy atom. The predicted octanol–water partition coefficient (Wildman–Crippen LogP) is 3.24. The number of rotatable bonds is 6. The third-order valence-electron chi connectivity index (χ3n) is 5.35. The lowest BCUT2D eigenvalue weighted by atomic mass is 10.0. The van der Waals surface area contributed by atoms with Crippen LogP contribution in [0.2, 0.25) is 0 Å². The van der Waals surface area contributed by atoms with Crippen molar-refractivity contribution in [3.63, 3.8) is 0 Å². The highest BCUT2D eigenvalue weighted by atomic mass is 127. The van der Waals surface area contributed by atoms with Gasteiger partial charge in [0.15, 0.2) is 5.96 Å². The summed E-state index contributed by atoms with van der Waals surface area (Å²) in [6.07, 6.45) is 10.9. The molecule has 4 rings (SSSR count). The second-order valence-corrected chi connectivity index (χ2v) is 7.60. The van der Waals surface area contributed by atoms with Gasteiger partial charge in [0, 0.05) is 57.7 Å². The van der Waals surface area contributed by atoms with E-state index in [4.69, 9.17) is 4.99 Å². The first kappa shape index (κ1) is 22.3. The molecule has 0 bridgehead atoms. The molecule has 30 heavy (non-hydrogen) atoms. The minimum absolute atomic E-state index is 0. The maximum Gasteiger partial charge on any atom is 0.194 e. The molecule has 0 saturated carbocycles. The summed E-state index contributed by atoms with van der Waals surface area (Å²) in [5.74, 6) is 1.52. The minimum atomic E-state index is 0. The minimum Gasteiger partial charge on any atom is -0.357 e. The first-order chi connectivity index (χ1) is 14.2. The monoisotopic (exact) mass is 519 g/mol. The number of aryl methyl sites for hydroxylation is 1. The zero-order valence-corrected chi connectivity index (χ0v) is 19.9. The lowest BCUT2D eigenvalue weighted by Crippen LogP contribution is -2.40. The van der Waals surface area contributed by atoms with Crippen molar-refractivity contribution < 1.29 is 0 Å². The van der Waals surface area contributed by atoms with Crippen LogP contribution < -0.4 is 5.32 Å². The van der Waals surface area contributed by atoms with Gasteiger partial charge in [-0.3, -0.25) is 4.68 Å². The Balaban J connectivity index is 0.00000256. The third-order valence-corrected chi connectivity index (χ3v) is 5.35. The molecule has 2 aromatic heterocycles. The van der Waals surface area contributed by atoms with Crippen molar-refractivity contribution in [1.29, 1.82) is 0 Å². The van der Waals surface area contributed by atoms with E-state index in [1.165, 1.54) is 16.7 Å². The molecule has 1 N–H and O–H groups in total. The molecule has 0 amide bonds. The van der Waals surface area contributed by atoms with Gasteiger partial charge in [0.2, 0.25) is 0 Å². The summed E-state index contributed by atoms with van der Waals surface area (Å²) in [5, 5.41) is 7.79. The highest BCUT2D eigenvalue weighted by molar-refractivity contribution is 14.0. The maximum absolute atomic E-state index is 4.93. The Bertz CT molecular complexity index is 948. The van der Waals surface area contributed by atoms with Gasteiger partial charge >= 0.3 is 0 Å². The van der Waals surface area contributed by atoms with Crippen LogP contribution in [0.5, 0.6) is 0 Å². The van der Waals surface area contributed by atoms with Crippen LogP contribution in [0.25, 0.3) is 0 Å². The Morgan fingerprint density at radius 2 is 2.17 bits per heavy atom. The first-order valence-electron chi connectivity index (χ1n) is 10.3. The number of imidazole rings is 1. The number of halogens is 1. The van der Waals surface area contributed by atoms with Crippen LogP contribution in [-0.2, 0) is 20.1 Å². The van der Waals surface area contributed by atoms with Gasteiger partial charge in [-0.15, -0.1) is 24.0 Å². The third kappa shape index (κ3) is 5.62. The quantitative estimate of drug-likeness (QED) is 0.309. The number of guanidine groups is 1. The molecular formula is C22H30IN7. The van der Waals surface area contributed by atoms with Crippen LogP contribution in [0.4, 0.5) is 0 Å². The summed E-state index contributed by atoms with van der Waals surface area (Å²) in [4.78, 5) is 11.4. The smallest absolute Gasteiger partial charge is 0.194 e. The lowest BCUT2D eigenvalue weighted by molar-refractivity contribution is 0.486. The van der Waals surface area contributed by atoms with Gasteiger partial charge in [-0.25, -0.2) is 9.98 Å². The van der Waals surface area contributed by atoms with Crippen molar-refractivity contribution in [2.24, 2.45) is 12.0 Å². The van der Waals surface area contributed by atoms with Gasteiger partial charge < -0.3 is 14.8 Å². The molecule has 1 atom stereocenters. The molecule has 1 unspecified atom stereocenters. The summed E-state index contributed by atoms with van der Waals surface area (Å²) in [7, 11) is 1.97. The SMILES string of the molecule is CCNC(=NCc1cccc(Cn2ccnc2)c1)N1CCC(c2cnn(C)c2)C1.I. The number of nitrogens with one attached hydrogen (secondary N) is 1. The summed E-state index contributed by atoms with van der Waals surface area (Å²) in [6, 6.07) is 8.64. The van der Waals surface area contributed by atoms with Crippen LogP contribution in [0.15, 0.2) is 60.4 Å². The van der Waals surface area contributed by atoms with E-state index in [0.717, 1.165) is 38.6 Å². The average molecular weight is 519 g/mol. The molecule has 160 valence electrons. The number of hydrogen-bond acceptors (Lipinski definition) is 3. The topological polar surface area (TPSA) is 63.3 Å². The van der Waals surface area contributed by atoms with Gasteiger partial charge in [-0.2, -0.15) is 5.10 Å². The molecule has 1 aliphatic heterocycles. The van der Waals surface area contributed by atoms with E-state index in [1.807, 2.05) is 36.6 Å². The molecule has 1 aromatic carbocycles. The highest BCUT2D eigenvalue weighted by Gasteiger charge is 2.26. The molecule has 7 nitrogen and oxygen atoms in total. The van der Waals surface area contributed by atoms with Crippen molar-refractivity contribution >= 4 is 29.9 Å². The van der Waals surface area contributed by atoms with Gasteiger partial charge in [-0.1, -0.05) is 24.3 Å². The van der Waals surface area contributed by atoms with Gasteiger partial charge in [0.1, 0.15) is 0 Å². The van der Waals surface area contributed by atoms with Crippen molar-refractivity contribution in [3.05, 3.63) is 72.1 Å². The summed E-state index contributed by atoms with van der Waals surface area (Å²) < 4.78 is 3.96. The molecule has 3 aromatic rings. The number of aliphatic imine (C=N–C) groups is 1. The summed E-state index contributed by atoms with van der Waals surface area (Å²) in [5.41, 5.74) is 3.80.